The lowest BCUT2D eigenvalue weighted by atomic mass is 9.79. The molecule has 0 radical (unpaired) electrons. The van der Waals surface area contributed by atoms with E-state index in [1.807, 2.05) is 0 Å². The zero-order chi connectivity index (χ0) is 43.5. The number of benzene rings is 4. The van der Waals surface area contributed by atoms with Gasteiger partial charge in [-0.1, -0.05) is 144 Å². The predicted molar refractivity (Wildman–Crippen MR) is 261 cm³/mol. The number of thioether (sulfide) groups is 2. The van der Waals surface area contributed by atoms with Crippen LogP contribution in [0, 0.1) is 3.14 Å². The van der Waals surface area contributed by atoms with Crippen molar-refractivity contribution in [3.05, 3.63) is 118 Å². The van der Waals surface area contributed by atoms with Crippen molar-refractivity contribution in [2.45, 2.75) is 139 Å². The van der Waals surface area contributed by atoms with Crippen LogP contribution in [-0.4, -0.2) is 34.9 Å². The van der Waals surface area contributed by atoms with Crippen molar-refractivity contribution in [1.82, 2.24) is 0 Å². The summed E-state index contributed by atoms with van der Waals surface area (Å²) in [5.74, 6) is 3.82. The molecule has 5 aromatic rings. The molecule has 3 aliphatic rings. The number of phenols is 2. The fourth-order valence-corrected chi connectivity index (χ4v) is 13.9. The van der Waals surface area contributed by atoms with Crippen LogP contribution in [0.3, 0.4) is 0 Å². The van der Waals surface area contributed by atoms with Gasteiger partial charge in [0.05, 0.1) is 21.6 Å². The maximum absolute atomic E-state index is 12.5. The first-order chi connectivity index (χ1) is 28.0. The van der Waals surface area contributed by atoms with Gasteiger partial charge in [-0.2, -0.15) is 0 Å². The Morgan fingerprint density at radius 2 is 0.683 bits per heavy atom. The number of hydrogen-bond donors (Lipinski definition) is 2. The second-order valence-corrected chi connectivity index (χ2v) is 26.6. The van der Waals surface area contributed by atoms with E-state index in [4.69, 9.17) is 21.7 Å². The Labute approximate surface area is 380 Å². The summed E-state index contributed by atoms with van der Waals surface area (Å²) in [6.07, 6.45) is 1.96. The summed E-state index contributed by atoms with van der Waals surface area (Å²) in [5.41, 5.74) is 11.8. The Bertz CT molecular complexity index is 2210. The van der Waals surface area contributed by atoms with E-state index in [0.717, 1.165) is 70.6 Å². The van der Waals surface area contributed by atoms with E-state index < -0.39 is 0 Å². The van der Waals surface area contributed by atoms with Crippen molar-refractivity contribution in [2.24, 2.45) is 0 Å². The molecule has 4 aromatic carbocycles. The quantitative estimate of drug-likeness (QED) is 0.147. The zero-order valence-electron chi connectivity index (χ0n) is 37.5. The van der Waals surface area contributed by atoms with Gasteiger partial charge in [-0.25, -0.2) is 0 Å². The minimum absolute atomic E-state index is 0.159. The van der Waals surface area contributed by atoms with Gasteiger partial charge in [-0.05, 0) is 88.4 Å². The van der Waals surface area contributed by atoms with Crippen LogP contribution in [0.5, 0.6) is 23.0 Å². The molecule has 0 unspecified atom stereocenters. The van der Waals surface area contributed by atoms with E-state index in [1.165, 1.54) is 30.7 Å². The molecule has 10 bridgehead atoms. The molecular formula is C51H62O4S5. The van der Waals surface area contributed by atoms with E-state index in [0.29, 0.717) is 50.4 Å². The maximum Gasteiger partial charge on any atom is 0.145 e. The standard InChI is InChI=1S/C51H62O4S5/c1-48(2,3)37-21-29-17-33-25-39(50(7,8)9)27-35-19-31-23-38(49(4,5)6)24-32(42(31)53)20-36-28-40(51(10,11)12)26-34(18-30(22-37)41(29)52)44(36)55-14-16-58-46-45(59-47(56)60-46)57-15-13-54-43(33)35/h21-28,52-53H,13-20H2,1-12H3. The number of rotatable bonds is 0. The maximum atomic E-state index is 12.5. The summed E-state index contributed by atoms with van der Waals surface area (Å²) < 4.78 is 17.4. The molecule has 8 rings (SSSR count). The first-order valence-electron chi connectivity index (χ1n) is 21.1. The fourth-order valence-electron chi connectivity index (χ4n) is 8.01. The minimum atomic E-state index is -0.161. The van der Waals surface area contributed by atoms with Gasteiger partial charge >= 0.3 is 0 Å². The average Bonchev–Trinajstić information content (AvgIpc) is 3.48. The molecule has 9 heteroatoms. The Hall–Kier alpha value is -2.95. The van der Waals surface area contributed by atoms with Crippen molar-refractivity contribution in [3.63, 3.8) is 0 Å². The first-order valence-corrected chi connectivity index (χ1v) is 25.1. The highest BCUT2D eigenvalue weighted by atomic mass is 32.2. The SMILES string of the molecule is CC(C)(C)c1cc2c(O)c(c1)Cc1cc(C(C)(C)C)cc3c1OCCSc1sc(=S)sc1SCCOc1c(cc(C(C)(C)C)cc1Cc1cc(C(C)(C)C)cc(c1O)C3)C2. The molecule has 0 saturated heterocycles. The molecule has 4 nitrogen and oxygen atoms in total. The number of fused-ring (bicyclic) bond motifs is 6. The lowest BCUT2D eigenvalue weighted by molar-refractivity contribution is 0.336. The van der Waals surface area contributed by atoms with Gasteiger partial charge in [0.15, 0.2) is 0 Å². The lowest BCUT2D eigenvalue weighted by Gasteiger charge is -2.28. The Morgan fingerprint density at radius 1 is 0.433 bits per heavy atom. The molecule has 0 saturated carbocycles. The average molecular weight is 899 g/mol. The molecule has 1 aliphatic carbocycles. The highest BCUT2D eigenvalue weighted by Crippen LogP contribution is 2.45. The normalized spacial score (nSPS) is 15.5. The van der Waals surface area contributed by atoms with Crippen LogP contribution in [0.25, 0.3) is 0 Å². The number of phenolic OH excluding ortho intramolecular Hbond substituents is 2. The van der Waals surface area contributed by atoms with Crippen LogP contribution in [0.15, 0.2) is 56.9 Å². The molecule has 3 heterocycles. The van der Waals surface area contributed by atoms with Gasteiger partial charge in [-0.15, -0.1) is 46.2 Å². The smallest absolute Gasteiger partial charge is 0.145 e. The summed E-state index contributed by atoms with van der Waals surface area (Å²) in [4.78, 5) is 0. The van der Waals surface area contributed by atoms with Gasteiger partial charge in [0.25, 0.3) is 0 Å². The Kier molecular flexibility index (Phi) is 12.8. The highest BCUT2D eigenvalue weighted by Gasteiger charge is 2.29. The first kappa shape index (κ1) is 45.1. The molecule has 1 aromatic heterocycles. The van der Waals surface area contributed by atoms with Crippen molar-refractivity contribution in [3.8, 4) is 23.0 Å². The van der Waals surface area contributed by atoms with Crippen molar-refractivity contribution < 1.29 is 19.7 Å². The predicted octanol–water partition coefficient (Wildman–Crippen LogP) is 14.5. The van der Waals surface area contributed by atoms with Crippen molar-refractivity contribution >= 4 is 58.4 Å². The van der Waals surface area contributed by atoms with E-state index >= 15 is 0 Å². The van der Waals surface area contributed by atoms with Crippen LogP contribution in [0.1, 0.15) is 150 Å². The van der Waals surface area contributed by atoms with Gasteiger partial charge in [0.1, 0.15) is 26.1 Å². The highest BCUT2D eigenvalue weighted by molar-refractivity contribution is 8.05. The summed E-state index contributed by atoms with van der Waals surface area (Å²) in [5, 5.41) is 25.0. The third-order valence-corrected chi connectivity index (χ3v) is 17.2. The van der Waals surface area contributed by atoms with Crippen LogP contribution in [0.2, 0.25) is 0 Å². The minimum Gasteiger partial charge on any atom is -0.507 e. The zero-order valence-corrected chi connectivity index (χ0v) is 41.6. The van der Waals surface area contributed by atoms with E-state index in [2.05, 4.69) is 132 Å². The second kappa shape index (κ2) is 17.0. The van der Waals surface area contributed by atoms with Crippen molar-refractivity contribution in [1.29, 1.82) is 0 Å². The molecule has 0 fully saturated rings. The van der Waals surface area contributed by atoms with Crippen molar-refractivity contribution in [2.75, 3.05) is 24.7 Å². The molecule has 320 valence electrons. The van der Waals surface area contributed by atoms with Crippen LogP contribution in [-0.2, 0) is 47.3 Å². The lowest BCUT2D eigenvalue weighted by Crippen LogP contribution is -2.17. The van der Waals surface area contributed by atoms with E-state index in [1.54, 1.807) is 46.2 Å². The topological polar surface area (TPSA) is 58.9 Å². The third-order valence-electron chi connectivity index (χ3n) is 11.7. The summed E-state index contributed by atoms with van der Waals surface area (Å²) in [7, 11) is 0. The van der Waals surface area contributed by atoms with Crippen LogP contribution >= 0.6 is 58.4 Å². The molecule has 0 spiro atoms. The number of aromatic hydroxyl groups is 2. The van der Waals surface area contributed by atoms with Crippen LogP contribution < -0.4 is 9.47 Å². The summed E-state index contributed by atoms with van der Waals surface area (Å²) >= 11 is 12.7. The van der Waals surface area contributed by atoms with Gasteiger partial charge in [0.2, 0.25) is 0 Å². The van der Waals surface area contributed by atoms with E-state index in [-0.39, 0.29) is 21.7 Å². The monoisotopic (exact) mass is 898 g/mol. The van der Waals surface area contributed by atoms with Gasteiger partial charge < -0.3 is 19.7 Å². The second-order valence-electron chi connectivity index (χ2n) is 20.7. The molecule has 60 heavy (non-hydrogen) atoms. The molecular weight excluding hydrogens is 837 g/mol. The summed E-state index contributed by atoms with van der Waals surface area (Å²) in [6.45, 7) is 28.0. The van der Waals surface area contributed by atoms with Gasteiger partial charge in [0, 0.05) is 37.2 Å². The number of ether oxygens (including phenoxy) is 2. The Balaban J connectivity index is 1.59. The number of hydrogen-bond acceptors (Lipinski definition) is 9. The third kappa shape index (κ3) is 9.96. The van der Waals surface area contributed by atoms with E-state index in [9.17, 15) is 10.2 Å². The fraction of sp³-hybridized carbons (Fsp3) is 0.471. The molecule has 2 N–H and O–H groups in total. The summed E-state index contributed by atoms with van der Waals surface area (Å²) in [6, 6.07) is 18.0. The Morgan fingerprint density at radius 3 is 0.933 bits per heavy atom. The largest absolute Gasteiger partial charge is 0.507 e. The van der Waals surface area contributed by atoms with Crippen LogP contribution in [0.4, 0.5) is 0 Å². The van der Waals surface area contributed by atoms with Gasteiger partial charge in [-0.3, -0.25) is 0 Å². The molecule has 0 atom stereocenters. The molecule has 2 aliphatic heterocycles. The molecule has 0 amide bonds.